The smallest absolute Gasteiger partial charge is 0.315 e. The average molecular weight is 348 g/mol. The van der Waals surface area contributed by atoms with Crippen LogP contribution < -0.4 is 10.6 Å². The molecule has 1 spiro atoms. The lowest BCUT2D eigenvalue weighted by molar-refractivity contribution is -0.126. The number of fused-ring (bicyclic) bond motifs is 2. The third kappa shape index (κ3) is 3.29. The number of hydrogen-bond acceptors (Lipinski definition) is 4. The highest BCUT2D eigenvalue weighted by atomic mass is 16.5. The number of ether oxygens (including phenoxy) is 2. The molecule has 2 amide bonds. The van der Waals surface area contributed by atoms with E-state index >= 15 is 0 Å². The molecule has 2 saturated carbocycles. The molecule has 6 heteroatoms. The highest BCUT2D eigenvalue weighted by molar-refractivity contribution is 5.74. The molecule has 138 valence electrons. The van der Waals surface area contributed by atoms with Crippen LogP contribution >= 0.6 is 0 Å². The average Bonchev–Trinajstić information content (AvgIpc) is 3.36. The first-order chi connectivity index (χ1) is 12.3. The summed E-state index contributed by atoms with van der Waals surface area (Å²) in [6, 6.07) is 3.98. The van der Waals surface area contributed by atoms with E-state index < -0.39 is 0 Å². The number of carbonyl (C=O) groups is 1. The van der Waals surface area contributed by atoms with Crippen molar-refractivity contribution in [1.82, 2.24) is 10.6 Å². The summed E-state index contributed by atoms with van der Waals surface area (Å²) in [7, 11) is 0. The summed E-state index contributed by atoms with van der Waals surface area (Å²) in [6.07, 6.45) is 8.81. The van der Waals surface area contributed by atoms with Gasteiger partial charge in [-0.1, -0.05) is 12.8 Å². The van der Waals surface area contributed by atoms with Crippen LogP contribution in [0.3, 0.4) is 0 Å². The molecule has 1 saturated heterocycles. The Morgan fingerprint density at radius 2 is 2.24 bits per heavy atom. The van der Waals surface area contributed by atoms with Gasteiger partial charge in [-0.2, -0.15) is 0 Å². The Labute approximate surface area is 148 Å². The van der Waals surface area contributed by atoms with Gasteiger partial charge in [-0.05, 0) is 37.8 Å². The molecule has 1 aliphatic heterocycles. The summed E-state index contributed by atoms with van der Waals surface area (Å²) in [4.78, 5) is 12.3. The molecule has 3 fully saturated rings. The van der Waals surface area contributed by atoms with E-state index in [9.17, 15) is 4.79 Å². The Balaban J connectivity index is 1.15. The molecule has 1 aromatic rings. The standard InChI is InChI=1S/C19H28N2O4/c22-18(20-9-4-10-23-13-14-5-3-11-24-14)21-16-15-6-12-25-17(15)19(16)7-1-2-8-19/h3,5,11,15-17H,1-2,4,6-10,12-13H2,(H2,20,21,22)/t15-,16+,17-/m0/s1. The van der Waals surface area contributed by atoms with Crippen LogP contribution in [0.5, 0.6) is 0 Å². The van der Waals surface area contributed by atoms with Gasteiger partial charge in [0.25, 0.3) is 0 Å². The maximum absolute atomic E-state index is 12.3. The summed E-state index contributed by atoms with van der Waals surface area (Å²) < 4.78 is 16.7. The summed E-state index contributed by atoms with van der Waals surface area (Å²) >= 11 is 0. The highest BCUT2D eigenvalue weighted by Crippen LogP contribution is 2.60. The summed E-state index contributed by atoms with van der Waals surface area (Å²) in [6.45, 7) is 2.55. The van der Waals surface area contributed by atoms with Gasteiger partial charge in [0.05, 0.1) is 12.4 Å². The van der Waals surface area contributed by atoms with Gasteiger partial charge in [-0.3, -0.25) is 0 Å². The number of furan rings is 1. The Kier molecular flexibility index (Phi) is 4.99. The zero-order valence-corrected chi connectivity index (χ0v) is 14.7. The SMILES string of the molecule is O=C(NCCCOCc1ccco1)N[C@@H]1[C@@H]2CCO[C@@H]2C12CCCC2. The second-order valence-electron chi connectivity index (χ2n) is 7.55. The fourth-order valence-electron chi connectivity index (χ4n) is 5.04. The maximum Gasteiger partial charge on any atom is 0.315 e. The molecule has 3 atom stereocenters. The highest BCUT2D eigenvalue weighted by Gasteiger charge is 2.65. The van der Waals surface area contributed by atoms with Crippen molar-refractivity contribution in [2.24, 2.45) is 11.3 Å². The Bertz CT molecular complexity index is 568. The fraction of sp³-hybridized carbons (Fsp3) is 0.737. The van der Waals surface area contributed by atoms with Crippen LogP contribution in [-0.4, -0.2) is 37.9 Å². The van der Waals surface area contributed by atoms with Crippen molar-refractivity contribution in [2.45, 2.75) is 57.3 Å². The summed E-state index contributed by atoms with van der Waals surface area (Å²) in [5.41, 5.74) is 0.213. The topological polar surface area (TPSA) is 72.7 Å². The van der Waals surface area contributed by atoms with E-state index in [1.165, 1.54) is 25.7 Å². The van der Waals surface area contributed by atoms with E-state index in [-0.39, 0.29) is 17.5 Å². The van der Waals surface area contributed by atoms with Crippen molar-refractivity contribution >= 4 is 6.03 Å². The van der Waals surface area contributed by atoms with Crippen molar-refractivity contribution in [3.05, 3.63) is 24.2 Å². The van der Waals surface area contributed by atoms with E-state index in [1.54, 1.807) is 6.26 Å². The number of nitrogens with one attached hydrogen (secondary N) is 2. The van der Waals surface area contributed by atoms with E-state index in [4.69, 9.17) is 13.9 Å². The van der Waals surface area contributed by atoms with Crippen LogP contribution in [0.2, 0.25) is 0 Å². The van der Waals surface area contributed by atoms with Crippen molar-refractivity contribution in [1.29, 1.82) is 0 Å². The van der Waals surface area contributed by atoms with Gasteiger partial charge in [0.2, 0.25) is 0 Å². The van der Waals surface area contributed by atoms with Gasteiger partial charge >= 0.3 is 6.03 Å². The predicted molar refractivity (Wildman–Crippen MR) is 92.1 cm³/mol. The largest absolute Gasteiger partial charge is 0.467 e. The number of amides is 2. The number of urea groups is 1. The monoisotopic (exact) mass is 348 g/mol. The first-order valence-electron chi connectivity index (χ1n) is 9.56. The van der Waals surface area contributed by atoms with Crippen LogP contribution in [0.4, 0.5) is 4.79 Å². The third-order valence-electron chi connectivity index (χ3n) is 6.15. The quantitative estimate of drug-likeness (QED) is 0.743. The van der Waals surface area contributed by atoms with Crippen molar-refractivity contribution in [2.75, 3.05) is 19.8 Å². The Morgan fingerprint density at radius 3 is 3.04 bits per heavy atom. The van der Waals surface area contributed by atoms with Crippen LogP contribution in [0.25, 0.3) is 0 Å². The van der Waals surface area contributed by atoms with Crippen LogP contribution in [0.15, 0.2) is 22.8 Å². The van der Waals surface area contributed by atoms with Gasteiger partial charge in [0.1, 0.15) is 12.4 Å². The van der Waals surface area contributed by atoms with Crippen LogP contribution in [0.1, 0.15) is 44.3 Å². The molecule has 4 rings (SSSR count). The third-order valence-corrected chi connectivity index (χ3v) is 6.15. The van der Waals surface area contributed by atoms with E-state index in [0.29, 0.717) is 31.8 Å². The van der Waals surface area contributed by atoms with Crippen molar-refractivity contribution in [3.8, 4) is 0 Å². The molecule has 25 heavy (non-hydrogen) atoms. The Hall–Kier alpha value is -1.53. The molecule has 2 heterocycles. The zero-order chi connectivity index (χ0) is 17.1. The van der Waals surface area contributed by atoms with Crippen LogP contribution in [0, 0.1) is 11.3 Å². The second kappa shape index (κ2) is 7.38. The van der Waals surface area contributed by atoms with Gasteiger partial charge in [-0.25, -0.2) is 4.79 Å². The van der Waals surface area contributed by atoms with Gasteiger partial charge < -0.3 is 24.5 Å². The molecule has 6 nitrogen and oxygen atoms in total. The molecule has 2 N–H and O–H groups in total. The molecule has 0 bridgehead atoms. The number of rotatable bonds is 7. The molecule has 0 aromatic carbocycles. The fourth-order valence-corrected chi connectivity index (χ4v) is 5.04. The number of hydrogen-bond donors (Lipinski definition) is 2. The minimum atomic E-state index is -0.0485. The molecule has 0 radical (unpaired) electrons. The molecular formula is C19H28N2O4. The molecule has 0 unspecified atom stereocenters. The molecular weight excluding hydrogens is 320 g/mol. The van der Waals surface area contributed by atoms with E-state index in [1.807, 2.05) is 12.1 Å². The zero-order valence-electron chi connectivity index (χ0n) is 14.7. The Morgan fingerprint density at radius 1 is 1.36 bits per heavy atom. The van der Waals surface area contributed by atoms with Crippen molar-refractivity contribution in [3.63, 3.8) is 0 Å². The summed E-state index contributed by atoms with van der Waals surface area (Å²) in [5, 5.41) is 6.22. The summed E-state index contributed by atoms with van der Waals surface area (Å²) in [5.74, 6) is 1.34. The molecule has 3 aliphatic rings. The van der Waals surface area contributed by atoms with Gasteiger partial charge in [-0.15, -0.1) is 0 Å². The first-order valence-corrected chi connectivity index (χ1v) is 9.56. The van der Waals surface area contributed by atoms with Gasteiger partial charge in [0.15, 0.2) is 0 Å². The lowest BCUT2D eigenvalue weighted by atomic mass is 9.54. The van der Waals surface area contributed by atoms with E-state index in [2.05, 4.69) is 10.6 Å². The minimum Gasteiger partial charge on any atom is -0.467 e. The van der Waals surface area contributed by atoms with Crippen LogP contribution in [-0.2, 0) is 16.1 Å². The minimum absolute atomic E-state index is 0.0485. The van der Waals surface area contributed by atoms with Gasteiger partial charge in [0, 0.05) is 37.1 Å². The molecule has 2 aliphatic carbocycles. The molecule has 1 aromatic heterocycles. The lowest BCUT2D eigenvalue weighted by Gasteiger charge is -2.56. The lowest BCUT2D eigenvalue weighted by Crippen LogP contribution is -2.69. The maximum atomic E-state index is 12.3. The number of carbonyl (C=O) groups excluding carboxylic acids is 1. The second-order valence-corrected chi connectivity index (χ2v) is 7.55. The van der Waals surface area contributed by atoms with Crippen molar-refractivity contribution < 1.29 is 18.7 Å². The normalized spacial score (nSPS) is 29.4. The first kappa shape index (κ1) is 16.9. The van der Waals surface area contributed by atoms with E-state index in [0.717, 1.165) is 25.2 Å². The predicted octanol–water partition coefficient (Wildman–Crippen LogP) is 2.83.